The van der Waals surface area contributed by atoms with Crippen molar-refractivity contribution in [2.75, 3.05) is 19.7 Å². The van der Waals surface area contributed by atoms with Crippen LogP contribution in [0.2, 0.25) is 0 Å². The number of nitrogens with zero attached hydrogens (tertiary/aromatic N) is 1. The first-order chi connectivity index (χ1) is 12.1. The van der Waals surface area contributed by atoms with Crippen LogP contribution in [-0.2, 0) is 16.1 Å². The van der Waals surface area contributed by atoms with Crippen LogP contribution in [-0.4, -0.2) is 36.6 Å². The van der Waals surface area contributed by atoms with Gasteiger partial charge in [-0.15, -0.1) is 0 Å². The second-order valence-electron chi connectivity index (χ2n) is 8.38. The molecule has 4 nitrogen and oxygen atoms in total. The third-order valence-electron chi connectivity index (χ3n) is 6.60. The smallest absolute Gasteiger partial charge is 0.228 e. The zero-order valence-corrected chi connectivity index (χ0v) is 14.9. The van der Waals surface area contributed by atoms with Crippen LogP contribution in [0.25, 0.3) is 5.57 Å². The average molecular weight is 338 g/mol. The van der Waals surface area contributed by atoms with E-state index >= 15 is 0 Å². The zero-order valence-electron chi connectivity index (χ0n) is 14.9. The number of hydrogen-bond acceptors (Lipinski definition) is 3. The molecule has 2 unspecified atom stereocenters. The van der Waals surface area contributed by atoms with Gasteiger partial charge in [-0.25, -0.2) is 0 Å². The van der Waals surface area contributed by atoms with E-state index in [0.717, 1.165) is 45.3 Å². The highest BCUT2D eigenvalue weighted by atomic mass is 16.5. The molecule has 132 valence electrons. The Labute approximate surface area is 149 Å². The maximum Gasteiger partial charge on any atom is 0.228 e. The Morgan fingerprint density at radius 1 is 1.32 bits per heavy atom. The van der Waals surface area contributed by atoms with Crippen molar-refractivity contribution >= 4 is 11.5 Å². The highest BCUT2D eigenvalue weighted by Crippen LogP contribution is 2.47. The minimum Gasteiger partial charge on any atom is -0.384 e. The minimum atomic E-state index is -0.0490. The van der Waals surface area contributed by atoms with Crippen LogP contribution in [0.1, 0.15) is 43.7 Å². The van der Waals surface area contributed by atoms with Crippen LogP contribution < -0.4 is 5.32 Å². The second kappa shape index (κ2) is 5.60. The van der Waals surface area contributed by atoms with Crippen LogP contribution in [0.3, 0.4) is 0 Å². The van der Waals surface area contributed by atoms with E-state index in [-0.39, 0.29) is 11.5 Å². The Morgan fingerprint density at radius 3 is 3.00 bits per heavy atom. The first-order valence-electron chi connectivity index (χ1n) is 9.59. The van der Waals surface area contributed by atoms with Gasteiger partial charge in [-0.2, -0.15) is 0 Å². The van der Waals surface area contributed by atoms with Crippen molar-refractivity contribution in [2.45, 2.75) is 45.3 Å². The number of ether oxygens (including phenoxy) is 1. The summed E-state index contributed by atoms with van der Waals surface area (Å²) < 4.78 is 6.28. The number of hydrogen-bond donors (Lipinski definition) is 1. The fourth-order valence-electron chi connectivity index (χ4n) is 4.61. The van der Waals surface area contributed by atoms with E-state index in [1.807, 2.05) is 0 Å². The lowest BCUT2D eigenvalue weighted by Crippen LogP contribution is -2.38. The molecule has 3 aliphatic heterocycles. The Hall–Kier alpha value is -1.81. The molecular weight excluding hydrogens is 312 g/mol. The maximum atomic E-state index is 12.6. The molecule has 4 heteroatoms. The molecule has 1 aliphatic carbocycles. The lowest BCUT2D eigenvalue weighted by molar-refractivity contribution is -0.135. The first kappa shape index (κ1) is 15.4. The molecule has 2 fully saturated rings. The molecule has 4 aliphatic rings. The summed E-state index contributed by atoms with van der Waals surface area (Å²) in [7, 11) is 0. The standard InChI is InChI=1S/C21H26N2O2/c1-21(7-8-21)20(24)23-9-6-15(12-23)19-10-18-17(13-25-19)16-5-3-2-4-14(16)11-22-18/h2-5,15,19,22H,6-13H2,1H3. The van der Waals surface area contributed by atoms with Crippen molar-refractivity contribution in [3.8, 4) is 0 Å². The molecule has 1 aromatic carbocycles. The number of nitrogens with one attached hydrogen (secondary N) is 1. The summed E-state index contributed by atoms with van der Waals surface area (Å²) in [5, 5.41) is 3.62. The van der Waals surface area contributed by atoms with Crippen LogP contribution >= 0.6 is 0 Å². The first-order valence-corrected chi connectivity index (χ1v) is 9.59. The van der Waals surface area contributed by atoms with Crippen LogP contribution in [0.5, 0.6) is 0 Å². The molecule has 5 rings (SSSR count). The predicted octanol–water partition coefficient (Wildman–Crippen LogP) is 2.94. The van der Waals surface area contributed by atoms with Crippen molar-refractivity contribution in [1.82, 2.24) is 10.2 Å². The maximum absolute atomic E-state index is 12.6. The predicted molar refractivity (Wildman–Crippen MR) is 96.6 cm³/mol. The van der Waals surface area contributed by atoms with E-state index in [4.69, 9.17) is 4.74 Å². The molecule has 1 saturated carbocycles. The van der Waals surface area contributed by atoms with Gasteiger partial charge < -0.3 is 15.0 Å². The minimum absolute atomic E-state index is 0.0490. The van der Waals surface area contributed by atoms with Gasteiger partial charge in [0, 0.05) is 48.7 Å². The van der Waals surface area contributed by atoms with Crippen molar-refractivity contribution in [1.29, 1.82) is 0 Å². The lowest BCUT2D eigenvalue weighted by atomic mass is 9.88. The summed E-state index contributed by atoms with van der Waals surface area (Å²) in [5.41, 5.74) is 5.34. The third-order valence-corrected chi connectivity index (χ3v) is 6.60. The van der Waals surface area contributed by atoms with Gasteiger partial charge in [0.1, 0.15) is 0 Å². The monoisotopic (exact) mass is 338 g/mol. The quantitative estimate of drug-likeness (QED) is 0.901. The molecule has 3 heterocycles. The number of fused-ring (bicyclic) bond motifs is 2. The normalized spacial score (nSPS) is 29.7. The Bertz CT molecular complexity index is 750. The Kier molecular flexibility index (Phi) is 3.46. The van der Waals surface area contributed by atoms with Crippen LogP contribution in [0.15, 0.2) is 30.0 Å². The van der Waals surface area contributed by atoms with E-state index in [9.17, 15) is 4.79 Å². The van der Waals surface area contributed by atoms with E-state index in [1.54, 1.807) is 0 Å². The Balaban J connectivity index is 1.29. The summed E-state index contributed by atoms with van der Waals surface area (Å²) in [4.78, 5) is 14.7. The molecule has 0 aromatic heterocycles. The van der Waals surface area contributed by atoms with E-state index in [2.05, 4.69) is 41.4 Å². The highest BCUT2D eigenvalue weighted by Gasteiger charge is 2.49. The van der Waals surface area contributed by atoms with Gasteiger partial charge in [0.2, 0.25) is 5.91 Å². The fourth-order valence-corrected chi connectivity index (χ4v) is 4.61. The fraction of sp³-hybridized carbons (Fsp3) is 0.571. The molecule has 1 saturated heterocycles. The number of rotatable bonds is 2. The molecular formula is C21H26N2O2. The van der Waals surface area contributed by atoms with Crippen molar-refractivity contribution in [3.63, 3.8) is 0 Å². The van der Waals surface area contributed by atoms with Gasteiger partial charge in [-0.05, 0) is 30.4 Å². The van der Waals surface area contributed by atoms with Gasteiger partial charge in [0.05, 0.1) is 12.7 Å². The number of likely N-dealkylation sites (tertiary alicyclic amines) is 1. The largest absolute Gasteiger partial charge is 0.384 e. The Morgan fingerprint density at radius 2 is 2.16 bits per heavy atom. The van der Waals surface area contributed by atoms with Crippen LogP contribution in [0, 0.1) is 11.3 Å². The molecule has 0 bridgehead atoms. The van der Waals surface area contributed by atoms with Gasteiger partial charge in [0.15, 0.2) is 0 Å². The molecule has 0 radical (unpaired) electrons. The molecule has 2 atom stereocenters. The summed E-state index contributed by atoms with van der Waals surface area (Å²) in [6.07, 6.45) is 4.39. The average Bonchev–Trinajstić information content (AvgIpc) is 3.21. The van der Waals surface area contributed by atoms with E-state index in [1.165, 1.54) is 22.4 Å². The summed E-state index contributed by atoms with van der Waals surface area (Å²) >= 11 is 0. The third kappa shape index (κ3) is 2.58. The number of carbonyl (C=O) groups excluding carboxylic acids is 1. The number of benzene rings is 1. The highest BCUT2D eigenvalue weighted by molar-refractivity contribution is 5.85. The van der Waals surface area contributed by atoms with Gasteiger partial charge in [0.25, 0.3) is 0 Å². The van der Waals surface area contributed by atoms with Crippen molar-refractivity contribution < 1.29 is 9.53 Å². The molecule has 1 amide bonds. The van der Waals surface area contributed by atoms with E-state index < -0.39 is 0 Å². The van der Waals surface area contributed by atoms with Crippen LogP contribution in [0.4, 0.5) is 0 Å². The summed E-state index contributed by atoms with van der Waals surface area (Å²) in [6, 6.07) is 8.61. The van der Waals surface area contributed by atoms with Crippen molar-refractivity contribution in [3.05, 3.63) is 41.1 Å². The van der Waals surface area contributed by atoms with Gasteiger partial charge >= 0.3 is 0 Å². The number of carbonyl (C=O) groups is 1. The summed E-state index contributed by atoms with van der Waals surface area (Å²) in [5.74, 6) is 0.842. The van der Waals surface area contributed by atoms with E-state index in [0.29, 0.717) is 18.4 Å². The molecule has 1 aromatic rings. The molecule has 25 heavy (non-hydrogen) atoms. The molecule has 1 N–H and O–H groups in total. The zero-order chi connectivity index (χ0) is 17.0. The van der Waals surface area contributed by atoms with Gasteiger partial charge in [-0.1, -0.05) is 31.2 Å². The van der Waals surface area contributed by atoms with Crippen molar-refractivity contribution in [2.24, 2.45) is 11.3 Å². The topological polar surface area (TPSA) is 41.6 Å². The van der Waals surface area contributed by atoms with Gasteiger partial charge in [-0.3, -0.25) is 4.79 Å². The number of amides is 1. The molecule has 0 spiro atoms. The SMILES string of the molecule is CC1(C(=O)N2CCC(C3CC4=C(CO3)c3ccccc3CN4)C2)CC1. The second-order valence-corrected chi connectivity index (χ2v) is 8.38. The lowest BCUT2D eigenvalue weighted by Gasteiger charge is -2.35. The summed E-state index contributed by atoms with van der Waals surface area (Å²) in [6.45, 7) is 5.49.